The SMILES string of the molecule is CCN(CC)c1cc(C)nc(Nc2ccc(NC(=O)Cc3ccc(OC)c(C)c3)cc2)n1. The van der Waals surface area contributed by atoms with Crippen molar-refractivity contribution >= 4 is 29.0 Å². The van der Waals surface area contributed by atoms with E-state index in [-0.39, 0.29) is 5.91 Å². The molecule has 0 saturated carbocycles. The van der Waals surface area contributed by atoms with E-state index in [1.807, 2.05) is 62.4 Å². The van der Waals surface area contributed by atoms with Crippen LogP contribution in [0.15, 0.2) is 48.5 Å². The van der Waals surface area contributed by atoms with Gasteiger partial charge in [-0.2, -0.15) is 4.98 Å². The van der Waals surface area contributed by atoms with E-state index in [1.54, 1.807) is 7.11 Å². The zero-order valence-corrected chi connectivity index (χ0v) is 19.4. The molecule has 0 radical (unpaired) electrons. The summed E-state index contributed by atoms with van der Waals surface area (Å²) in [5.74, 6) is 2.21. The number of carbonyl (C=O) groups excluding carboxylic acids is 1. The summed E-state index contributed by atoms with van der Waals surface area (Å²) in [6.07, 6.45) is 0.302. The Bertz CT molecular complexity index is 1060. The highest BCUT2D eigenvalue weighted by Gasteiger charge is 2.09. The average Bonchev–Trinajstić information content (AvgIpc) is 2.76. The predicted molar refractivity (Wildman–Crippen MR) is 130 cm³/mol. The summed E-state index contributed by atoms with van der Waals surface area (Å²) in [6.45, 7) is 9.92. The van der Waals surface area contributed by atoms with Gasteiger partial charge in [0.2, 0.25) is 11.9 Å². The summed E-state index contributed by atoms with van der Waals surface area (Å²) in [4.78, 5) is 23.7. The lowest BCUT2D eigenvalue weighted by Gasteiger charge is -2.20. The van der Waals surface area contributed by atoms with E-state index in [9.17, 15) is 4.79 Å². The van der Waals surface area contributed by atoms with Gasteiger partial charge in [-0.1, -0.05) is 12.1 Å². The van der Waals surface area contributed by atoms with Crippen molar-refractivity contribution in [2.75, 3.05) is 35.7 Å². The predicted octanol–water partition coefficient (Wildman–Crippen LogP) is 4.87. The van der Waals surface area contributed by atoms with E-state index < -0.39 is 0 Å². The summed E-state index contributed by atoms with van der Waals surface area (Å²) in [5.41, 5.74) is 4.45. The van der Waals surface area contributed by atoms with Crippen LogP contribution >= 0.6 is 0 Å². The number of ether oxygens (including phenoxy) is 1. The Morgan fingerprint density at radius 3 is 2.28 bits per heavy atom. The zero-order valence-electron chi connectivity index (χ0n) is 19.4. The fourth-order valence-electron chi connectivity index (χ4n) is 3.52. The van der Waals surface area contributed by atoms with Crippen LogP contribution in [-0.4, -0.2) is 36.1 Å². The summed E-state index contributed by atoms with van der Waals surface area (Å²) in [5, 5.41) is 6.19. The maximum absolute atomic E-state index is 12.4. The van der Waals surface area contributed by atoms with Gasteiger partial charge in [0.15, 0.2) is 0 Å². The van der Waals surface area contributed by atoms with E-state index in [2.05, 4.69) is 39.3 Å². The number of benzene rings is 2. The van der Waals surface area contributed by atoms with Crippen LogP contribution in [0.2, 0.25) is 0 Å². The highest BCUT2D eigenvalue weighted by molar-refractivity contribution is 5.92. The number of aromatic nitrogens is 2. The van der Waals surface area contributed by atoms with Crippen LogP contribution in [0, 0.1) is 13.8 Å². The van der Waals surface area contributed by atoms with Crippen molar-refractivity contribution in [2.24, 2.45) is 0 Å². The second-order valence-electron chi connectivity index (χ2n) is 7.59. The number of hydrogen-bond donors (Lipinski definition) is 2. The molecule has 0 fully saturated rings. The minimum atomic E-state index is -0.0684. The van der Waals surface area contributed by atoms with Gasteiger partial charge in [-0.15, -0.1) is 0 Å². The first-order valence-corrected chi connectivity index (χ1v) is 10.8. The third kappa shape index (κ3) is 5.97. The summed E-state index contributed by atoms with van der Waals surface area (Å²) in [6, 6.07) is 15.3. The number of hydrogen-bond acceptors (Lipinski definition) is 6. The highest BCUT2D eigenvalue weighted by Crippen LogP contribution is 2.21. The fourth-order valence-corrected chi connectivity index (χ4v) is 3.52. The molecule has 0 aliphatic heterocycles. The molecule has 2 aromatic carbocycles. The van der Waals surface area contributed by atoms with Gasteiger partial charge in [0.05, 0.1) is 13.5 Å². The van der Waals surface area contributed by atoms with Crippen molar-refractivity contribution in [3.05, 3.63) is 65.4 Å². The van der Waals surface area contributed by atoms with Crippen molar-refractivity contribution < 1.29 is 9.53 Å². The smallest absolute Gasteiger partial charge is 0.229 e. The Kier molecular flexibility index (Phi) is 7.65. The van der Waals surface area contributed by atoms with Gasteiger partial charge in [-0.3, -0.25) is 4.79 Å². The summed E-state index contributed by atoms with van der Waals surface area (Å²) < 4.78 is 5.27. The number of nitrogens with zero attached hydrogens (tertiary/aromatic N) is 3. The minimum absolute atomic E-state index is 0.0684. The van der Waals surface area contributed by atoms with E-state index in [0.29, 0.717) is 12.4 Å². The molecule has 1 amide bonds. The molecule has 0 unspecified atom stereocenters. The molecule has 7 nitrogen and oxygen atoms in total. The van der Waals surface area contributed by atoms with Gasteiger partial charge in [-0.05, 0) is 69.2 Å². The van der Waals surface area contributed by atoms with Crippen LogP contribution in [0.3, 0.4) is 0 Å². The molecule has 0 bridgehead atoms. The fraction of sp³-hybridized carbons (Fsp3) is 0.320. The van der Waals surface area contributed by atoms with Crippen molar-refractivity contribution in [2.45, 2.75) is 34.1 Å². The number of methoxy groups -OCH3 is 1. The van der Waals surface area contributed by atoms with Crippen LogP contribution in [-0.2, 0) is 11.2 Å². The molecule has 32 heavy (non-hydrogen) atoms. The molecule has 168 valence electrons. The molecule has 0 atom stereocenters. The van der Waals surface area contributed by atoms with Crippen molar-refractivity contribution in [1.82, 2.24) is 9.97 Å². The normalized spacial score (nSPS) is 10.5. The van der Waals surface area contributed by atoms with Gasteiger partial charge < -0.3 is 20.3 Å². The van der Waals surface area contributed by atoms with E-state index in [0.717, 1.165) is 52.9 Å². The summed E-state index contributed by atoms with van der Waals surface area (Å²) >= 11 is 0. The zero-order chi connectivity index (χ0) is 23.1. The van der Waals surface area contributed by atoms with Crippen molar-refractivity contribution in [3.8, 4) is 5.75 Å². The monoisotopic (exact) mass is 433 g/mol. The van der Waals surface area contributed by atoms with Crippen LogP contribution in [0.4, 0.5) is 23.1 Å². The Labute approximate surface area is 189 Å². The Morgan fingerprint density at radius 1 is 0.969 bits per heavy atom. The van der Waals surface area contributed by atoms with E-state index in [4.69, 9.17) is 4.74 Å². The van der Waals surface area contributed by atoms with Crippen LogP contribution in [0.25, 0.3) is 0 Å². The van der Waals surface area contributed by atoms with E-state index in [1.165, 1.54) is 0 Å². The second-order valence-corrected chi connectivity index (χ2v) is 7.59. The topological polar surface area (TPSA) is 79.4 Å². The molecule has 7 heteroatoms. The molecular formula is C25H31N5O2. The summed E-state index contributed by atoms with van der Waals surface area (Å²) in [7, 11) is 1.64. The van der Waals surface area contributed by atoms with Gasteiger partial charge in [-0.25, -0.2) is 4.98 Å². The van der Waals surface area contributed by atoms with Crippen LogP contribution in [0.5, 0.6) is 5.75 Å². The lowest BCUT2D eigenvalue weighted by Crippen LogP contribution is -2.23. The number of aryl methyl sites for hydroxylation is 2. The largest absolute Gasteiger partial charge is 0.496 e. The standard InChI is InChI=1S/C25H31N5O2/c1-6-30(7-2)23-15-18(4)26-25(29-23)28-21-11-9-20(10-12-21)27-24(31)16-19-8-13-22(32-5)17(3)14-19/h8-15H,6-7,16H2,1-5H3,(H,27,31)(H,26,28,29). The molecule has 3 aromatic rings. The third-order valence-electron chi connectivity index (χ3n) is 5.18. The number of rotatable bonds is 9. The number of nitrogens with one attached hydrogen (secondary N) is 2. The van der Waals surface area contributed by atoms with E-state index >= 15 is 0 Å². The van der Waals surface area contributed by atoms with Crippen LogP contribution < -0.4 is 20.3 Å². The van der Waals surface area contributed by atoms with Crippen molar-refractivity contribution in [1.29, 1.82) is 0 Å². The molecule has 1 heterocycles. The second kappa shape index (κ2) is 10.6. The molecule has 0 saturated heterocycles. The molecule has 2 N–H and O–H groups in total. The number of amides is 1. The van der Waals surface area contributed by atoms with Crippen LogP contribution in [0.1, 0.15) is 30.7 Å². The first-order valence-electron chi connectivity index (χ1n) is 10.8. The maximum Gasteiger partial charge on any atom is 0.229 e. The minimum Gasteiger partial charge on any atom is -0.496 e. The highest BCUT2D eigenvalue weighted by atomic mass is 16.5. The Morgan fingerprint density at radius 2 is 1.66 bits per heavy atom. The van der Waals surface area contributed by atoms with Gasteiger partial charge in [0.25, 0.3) is 0 Å². The van der Waals surface area contributed by atoms with Gasteiger partial charge >= 0.3 is 0 Å². The molecule has 3 rings (SSSR count). The van der Waals surface area contributed by atoms with Gasteiger partial charge in [0.1, 0.15) is 11.6 Å². The number of carbonyl (C=O) groups is 1. The lowest BCUT2D eigenvalue weighted by molar-refractivity contribution is -0.115. The lowest BCUT2D eigenvalue weighted by atomic mass is 10.1. The Hall–Kier alpha value is -3.61. The molecule has 1 aromatic heterocycles. The first-order chi connectivity index (χ1) is 15.4. The molecule has 0 aliphatic rings. The molecular weight excluding hydrogens is 402 g/mol. The third-order valence-corrected chi connectivity index (χ3v) is 5.18. The quantitative estimate of drug-likeness (QED) is 0.501. The molecule has 0 spiro atoms. The van der Waals surface area contributed by atoms with Crippen molar-refractivity contribution in [3.63, 3.8) is 0 Å². The average molecular weight is 434 g/mol. The first kappa shape index (κ1) is 23.1. The maximum atomic E-state index is 12.4. The van der Waals surface area contributed by atoms with Gasteiger partial charge in [0, 0.05) is 36.2 Å². The Balaban J connectivity index is 1.63. The molecule has 0 aliphatic carbocycles. The number of anilines is 4.